The summed E-state index contributed by atoms with van der Waals surface area (Å²) in [5.41, 5.74) is 3.03. The van der Waals surface area contributed by atoms with E-state index in [0.717, 1.165) is 15.9 Å². The number of carbonyl (C=O) groups is 1. The molecule has 15 heavy (non-hydrogen) atoms. The number of carbonyl (C=O) groups excluding carboxylic acids is 1. The molecule has 0 saturated heterocycles. The van der Waals surface area contributed by atoms with E-state index in [0.29, 0.717) is 11.4 Å². The molecule has 0 fully saturated rings. The summed E-state index contributed by atoms with van der Waals surface area (Å²) in [4.78, 5) is 23.1. The van der Waals surface area contributed by atoms with Gasteiger partial charge in [0, 0.05) is 11.0 Å². The maximum atomic E-state index is 11.8. The van der Waals surface area contributed by atoms with Crippen LogP contribution < -0.4 is 0 Å². The van der Waals surface area contributed by atoms with Crippen molar-refractivity contribution in [1.82, 2.24) is 0 Å². The highest BCUT2D eigenvalue weighted by Crippen LogP contribution is 2.41. The summed E-state index contributed by atoms with van der Waals surface area (Å²) in [5.74, 6) is -0.0117. The van der Waals surface area contributed by atoms with Gasteiger partial charge in [0.15, 0.2) is 5.78 Å². The minimum atomic E-state index is -0.0117. The van der Waals surface area contributed by atoms with Gasteiger partial charge in [-0.15, -0.1) is 0 Å². The van der Waals surface area contributed by atoms with Gasteiger partial charge in [0.25, 0.3) is 11.4 Å². The third kappa shape index (κ3) is 1.03. The average molecular weight is 198 g/mol. The molecular formula is C12H8NO2+. The van der Waals surface area contributed by atoms with Crippen LogP contribution in [0.25, 0.3) is 5.57 Å². The van der Waals surface area contributed by atoms with Crippen LogP contribution in [0.2, 0.25) is 0 Å². The van der Waals surface area contributed by atoms with Gasteiger partial charge in [0.05, 0.1) is 15.9 Å². The van der Waals surface area contributed by atoms with Gasteiger partial charge in [-0.2, -0.15) is 0 Å². The zero-order valence-corrected chi connectivity index (χ0v) is 7.93. The van der Waals surface area contributed by atoms with Crippen molar-refractivity contribution in [1.29, 1.82) is 0 Å². The van der Waals surface area contributed by atoms with Crippen molar-refractivity contribution in [3.05, 3.63) is 52.6 Å². The summed E-state index contributed by atoms with van der Waals surface area (Å²) in [5, 5.41) is 0. The highest BCUT2D eigenvalue weighted by atomic mass is 16.3. The number of para-hydroxylation sites is 1. The number of rotatable bonds is 0. The Balaban J connectivity index is 2.25. The van der Waals surface area contributed by atoms with E-state index in [2.05, 4.69) is 0 Å². The molecule has 72 valence electrons. The lowest BCUT2D eigenvalue weighted by Crippen LogP contribution is -2.06. The van der Waals surface area contributed by atoms with Crippen LogP contribution in [0.4, 0.5) is 5.69 Å². The standard InChI is InChI=1S/C12H8NO2/c14-8-5-6-10-9-3-1-2-4-11(9)13(15)12(10)7-8/h1-6H,7H2/q+1. The molecular weight excluding hydrogens is 190 g/mol. The lowest BCUT2D eigenvalue weighted by molar-refractivity contribution is -0.403. The van der Waals surface area contributed by atoms with Crippen molar-refractivity contribution in [2.24, 2.45) is 0 Å². The average Bonchev–Trinajstić information content (AvgIpc) is 2.54. The molecule has 1 heterocycles. The molecule has 0 saturated carbocycles. The number of hydrogen-bond acceptors (Lipinski definition) is 2. The van der Waals surface area contributed by atoms with E-state index in [-0.39, 0.29) is 12.2 Å². The Kier molecular flexibility index (Phi) is 1.51. The van der Waals surface area contributed by atoms with E-state index in [1.54, 1.807) is 12.1 Å². The van der Waals surface area contributed by atoms with E-state index >= 15 is 0 Å². The maximum Gasteiger partial charge on any atom is 0.271 e. The highest BCUT2D eigenvalue weighted by molar-refractivity contribution is 6.00. The lowest BCUT2D eigenvalue weighted by atomic mass is 9.99. The van der Waals surface area contributed by atoms with Crippen LogP contribution >= 0.6 is 0 Å². The second kappa shape index (κ2) is 2.73. The van der Waals surface area contributed by atoms with Crippen LogP contribution in [0.15, 0.2) is 42.1 Å². The monoisotopic (exact) mass is 198 g/mol. The topological polar surface area (TPSA) is 37.1 Å². The molecule has 0 radical (unpaired) electrons. The predicted molar refractivity (Wildman–Crippen MR) is 55.4 cm³/mol. The summed E-state index contributed by atoms with van der Waals surface area (Å²) in [6, 6.07) is 7.41. The second-order valence-corrected chi connectivity index (χ2v) is 3.65. The van der Waals surface area contributed by atoms with Crippen LogP contribution in [0, 0.1) is 4.91 Å². The highest BCUT2D eigenvalue weighted by Gasteiger charge is 2.39. The van der Waals surface area contributed by atoms with Gasteiger partial charge < -0.3 is 0 Å². The van der Waals surface area contributed by atoms with E-state index < -0.39 is 0 Å². The molecule has 0 unspecified atom stereocenters. The quantitative estimate of drug-likeness (QED) is 0.600. The fourth-order valence-corrected chi connectivity index (χ4v) is 2.04. The molecule has 0 atom stereocenters. The van der Waals surface area contributed by atoms with Crippen molar-refractivity contribution in [2.45, 2.75) is 6.42 Å². The van der Waals surface area contributed by atoms with Crippen molar-refractivity contribution < 1.29 is 9.55 Å². The third-order valence-corrected chi connectivity index (χ3v) is 2.75. The Hall–Kier alpha value is -2.03. The van der Waals surface area contributed by atoms with Gasteiger partial charge in [-0.25, -0.2) is 0 Å². The number of ketones is 1. The summed E-state index contributed by atoms with van der Waals surface area (Å²) in [6.07, 6.45) is 3.48. The Labute approximate surface area is 86.3 Å². The fraction of sp³-hybridized carbons (Fsp3) is 0.0833. The van der Waals surface area contributed by atoms with Crippen molar-refractivity contribution in [3.63, 3.8) is 0 Å². The Morgan fingerprint density at radius 1 is 1.13 bits per heavy atom. The molecule has 3 nitrogen and oxygen atoms in total. The Morgan fingerprint density at radius 3 is 2.80 bits per heavy atom. The van der Waals surface area contributed by atoms with Gasteiger partial charge >= 0.3 is 0 Å². The molecule has 0 amide bonds. The molecule has 3 heteroatoms. The first-order chi connectivity index (χ1) is 7.27. The van der Waals surface area contributed by atoms with Crippen molar-refractivity contribution >= 4 is 17.0 Å². The largest absolute Gasteiger partial charge is 0.294 e. The minimum Gasteiger partial charge on any atom is -0.294 e. The molecule has 1 aromatic carbocycles. The van der Waals surface area contributed by atoms with Crippen LogP contribution in [0.3, 0.4) is 0 Å². The summed E-state index contributed by atoms with van der Waals surface area (Å²) in [6.45, 7) is 0. The van der Waals surface area contributed by atoms with E-state index in [1.165, 1.54) is 6.08 Å². The first kappa shape index (κ1) is 8.29. The van der Waals surface area contributed by atoms with Crippen LogP contribution in [0.5, 0.6) is 0 Å². The van der Waals surface area contributed by atoms with E-state index in [4.69, 9.17) is 0 Å². The van der Waals surface area contributed by atoms with Gasteiger partial charge in [-0.3, -0.25) is 4.79 Å². The van der Waals surface area contributed by atoms with Crippen LogP contribution in [0.1, 0.15) is 12.0 Å². The first-order valence-corrected chi connectivity index (χ1v) is 4.78. The molecule has 2 aliphatic rings. The SMILES string of the molecule is O=C1C=CC2=C(C1)[N+](=O)c1ccccc12. The molecule has 1 aliphatic heterocycles. The van der Waals surface area contributed by atoms with E-state index in [9.17, 15) is 9.70 Å². The van der Waals surface area contributed by atoms with Gasteiger partial charge in [-0.1, -0.05) is 12.1 Å². The lowest BCUT2D eigenvalue weighted by Gasteiger charge is -1.98. The number of allylic oxidation sites excluding steroid dienone is 4. The molecule has 0 bridgehead atoms. The number of fused-ring (bicyclic) bond motifs is 2. The second-order valence-electron chi connectivity index (χ2n) is 3.65. The molecule has 0 aromatic heterocycles. The number of nitrogens with zero attached hydrogens (tertiary/aromatic N) is 1. The predicted octanol–water partition coefficient (Wildman–Crippen LogP) is 2.35. The van der Waals surface area contributed by atoms with Crippen molar-refractivity contribution in [3.8, 4) is 0 Å². The normalized spacial score (nSPS) is 18.1. The first-order valence-electron chi connectivity index (χ1n) is 4.78. The summed E-state index contributed by atoms with van der Waals surface area (Å²) < 4.78 is 0.867. The zero-order valence-electron chi connectivity index (χ0n) is 7.93. The Morgan fingerprint density at radius 2 is 1.93 bits per heavy atom. The number of benzene rings is 1. The molecule has 3 rings (SSSR count). The van der Waals surface area contributed by atoms with Gasteiger partial charge in [0.2, 0.25) is 0 Å². The minimum absolute atomic E-state index is 0.0117. The summed E-state index contributed by atoms with van der Waals surface area (Å²) in [7, 11) is 0. The van der Waals surface area contributed by atoms with E-state index in [1.807, 2.05) is 18.2 Å². The summed E-state index contributed by atoms with van der Waals surface area (Å²) >= 11 is 0. The fourth-order valence-electron chi connectivity index (χ4n) is 2.04. The number of hydrogen-bond donors (Lipinski definition) is 0. The molecule has 0 spiro atoms. The maximum absolute atomic E-state index is 11.8. The molecule has 1 aliphatic carbocycles. The van der Waals surface area contributed by atoms with Gasteiger partial charge in [-0.05, 0) is 18.2 Å². The molecule has 1 aromatic rings. The molecule has 0 N–H and O–H groups in total. The third-order valence-electron chi connectivity index (χ3n) is 2.75. The Bertz CT molecular complexity index is 552. The zero-order chi connectivity index (χ0) is 10.4. The smallest absolute Gasteiger partial charge is 0.271 e. The van der Waals surface area contributed by atoms with Gasteiger partial charge in [0.1, 0.15) is 6.42 Å². The number of nitroso groups, excluding NO2 is 1. The van der Waals surface area contributed by atoms with Crippen LogP contribution in [-0.4, -0.2) is 10.5 Å². The van der Waals surface area contributed by atoms with Crippen molar-refractivity contribution in [2.75, 3.05) is 0 Å². The van der Waals surface area contributed by atoms with Crippen LogP contribution in [-0.2, 0) is 4.79 Å².